The molecule has 0 saturated heterocycles. The third-order valence-corrected chi connectivity index (χ3v) is 5.59. The van der Waals surface area contributed by atoms with Gasteiger partial charge in [-0.25, -0.2) is 9.97 Å². The van der Waals surface area contributed by atoms with Gasteiger partial charge in [-0.05, 0) is 39.4 Å². The number of carbonyl (C=O) groups is 1. The number of hydrogen-bond donors (Lipinski definition) is 0. The van der Waals surface area contributed by atoms with E-state index in [-0.39, 0.29) is 5.91 Å². The second-order valence-electron chi connectivity index (χ2n) is 7.81. The van der Waals surface area contributed by atoms with E-state index in [1.807, 2.05) is 47.6 Å². The largest absolute Gasteiger partial charge is 0.333 e. The summed E-state index contributed by atoms with van der Waals surface area (Å²) in [6.45, 7) is 7.34. The number of benzene rings is 1. The Labute approximate surface area is 165 Å². The number of hydrogen-bond acceptors (Lipinski definition) is 4. The summed E-state index contributed by atoms with van der Waals surface area (Å²) in [5.74, 6) is -0.0106. The number of amides is 1. The van der Waals surface area contributed by atoms with Gasteiger partial charge in [0, 0.05) is 31.1 Å². The van der Waals surface area contributed by atoms with Gasteiger partial charge in [-0.15, -0.1) is 0 Å². The predicted octanol–water partition coefficient (Wildman–Crippen LogP) is 3.32. The number of nitrogens with zero attached hydrogens (tertiary/aromatic N) is 5. The Kier molecular flexibility index (Phi) is 5.13. The molecule has 1 aromatic carbocycles. The molecule has 1 aliphatic heterocycles. The molecule has 0 bridgehead atoms. The molecule has 0 radical (unpaired) electrons. The standard InChI is InChI=1S/C22H27N5O/c1-16(2)25(3)13-20-21-14-26(11-6-12-27(21)15-23-20)22(28)19-10-9-17-7-4-5-8-18(17)24-19/h4-5,7-10,15-16H,6,11-14H2,1-3H3. The van der Waals surface area contributed by atoms with Crippen LogP contribution < -0.4 is 0 Å². The molecule has 0 saturated carbocycles. The molecule has 28 heavy (non-hydrogen) atoms. The van der Waals surface area contributed by atoms with Crippen LogP contribution in [0.3, 0.4) is 0 Å². The van der Waals surface area contributed by atoms with Crippen molar-refractivity contribution >= 4 is 16.8 Å². The summed E-state index contributed by atoms with van der Waals surface area (Å²) < 4.78 is 2.20. The Morgan fingerprint density at radius 3 is 2.82 bits per heavy atom. The lowest BCUT2D eigenvalue weighted by molar-refractivity contribution is 0.0739. The lowest BCUT2D eigenvalue weighted by Crippen LogP contribution is -2.32. The minimum absolute atomic E-state index is 0.0106. The molecule has 146 valence electrons. The minimum atomic E-state index is -0.0106. The number of rotatable bonds is 4. The number of aromatic nitrogens is 3. The van der Waals surface area contributed by atoms with E-state index in [4.69, 9.17) is 0 Å². The van der Waals surface area contributed by atoms with Crippen molar-refractivity contribution in [1.82, 2.24) is 24.3 Å². The molecule has 0 spiro atoms. The monoisotopic (exact) mass is 377 g/mol. The first-order valence-corrected chi connectivity index (χ1v) is 9.91. The van der Waals surface area contributed by atoms with Crippen LogP contribution >= 0.6 is 0 Å². The SMILES string of the molecule is CC(C)N(C)Cc1ncn2c1CN(C(=O)c1ccc3ccccc3n1)CCC2. The smallest absolute Gasteiger partial charge is 0.272 e. The molecule has 0 fully saturated rings. The van der Waals surface area contributed by atoms with Crippen molar-refractivity contribution in [1.29, 1.82) is 0 Å². The Balaban J connectivity index is 1.59. The van der Waals surface area contributed by atoms with Crippen molar-refractivity contribution in [3.8, 4) is 0 Å². The normalized spacial score (nSPS) is 14.5. The summed E-state index contributed by atoms with van der Waals surface area (Å²) in [5.41, 5.74) is 3.56. The molecule has 4 rings (SSSR count). The zero-order valence-electron chi connectivity index (χ0n) is 16.8. The van der Waals surface area contributed by atoms with Gasteiger partial charge in [-0.3, -0.25) is 9.69 Å². The molecule has 0 aliphatic carbocycles. The summed E-state index contributed by atoms with van der Waals surface area (Å²) in [4.78, 5) is 26.6. The lowest BCUT2D eigenvalue weighted by Gasteiger charge is -2.23. The molecule has 6 nitrogen and oxygen atoms in total. The second kappa shape index (κ2) is 7.72. The van der Waals surface area contributed by atoms with Crippen LogP contribution in [0.5, 0.6) is 0 Å². The zero-order chi connectivity index (χ0) is 19.7. The molecule has 1 amide bonds. The fraction of sp³-hybridized carbons (Fsp3) is 0.409. The summed E-state index contributed by atoms with van der Waals surface area (Å²) in [7, 11) is 2.11. The highest BCUT2D eigenvalue weighted by Crippen LogP contribution is 2.20. The number of imidazole rings is 1. The molecule has 3 aromatic rings. The second-order valence-corrected chi connectivity index (χ2v) is 7.81. The van der Waals surface area contributed by atoms with Gasteiger partial charge in [0.2, 0.25) is 0 Å². The van der Waals surface area contributed by atoms with E-state index >= 15 is 0 Å². The molecule has 2 aromatic heterocycles. The van der Waals surface area contributed by atoms with Gasteiger partial charge >= 0.3 is 0 Å². The topological polar surface area (TPSA) is 54.3 Å². The van der Waals surface area contributed by atoms with Crippen LogP contribution in [0.15, 0.2) is 42.7 Å². The summed E-state index contributed by atoms with van der Waals surface area (Å²) in [5, 5.41) is 1.05. The molecule has 0 atom stereocenters. The van der Waals surface area contributed by atoms with Crippen molar-refractivity contribution < 1.29 is 4.79 Å². The van der Waals surface area contributed by atoms with Gasteiger partial charge in [-0.2, -0.15) is 0 Å². The van der Waals surface area contributed by atoms with Crippen molar-refractivity contribution in [2.75, 3.05) is 13.6 Å². The maximum atomic E-state index is 13.2. The summed E-state index contributed by atoms with van der Waals surface area (Å²) >= 11 is 0. The molecule has 3 heterocycles. The van der Waals surface area contributed by atoms with Crippen LogP contribution in [-0.4, -0.2) is 49.9 Å². The van der Waals surface area contributed by atoms with E-state index in [9.17, 15) is 4.79 Å². The number of carbonyl (C=O) groups excluding carboxylic acids is 1. The summed E-state index contributed by atoms with van der Waals surface area (Å²) in [6, 6.07) is 12.1. The fourth-order valence-electron chi connectivity index (χ4n) is 3.59. The third-order valence-electron chi connectivity index (χ3n) is 5.59. The van der Waals surface area contributed by atoms with Gasteiger partial charge in [0.1, 0.15) is 5.69 Å². The van der Waals surface area contributed by atoms with Crippen molar-refractivity contribution in [3.05, 3.63) is 59.8 Å². The van der Waals surface area contributed by atoms with Crippen molar-refractivity contribution in [2.24, 2.45) is 0 Å². The Bertz CT molecular complexity index is 994. The Hall–Kier alpha value is -2.73. The number of fused-ring (bicyclic) bond motifs is 2. The van der Waals surface area contributed by atoms with E-state index in [1.54, 1.807) is 0 Å². The van der Waals surface area contributed by atoms with Crippen molar-refractivity contribution in [2.45, 2.75) is 45.9 Å². The van der Waals surface area contributed by atoms with E-state index < -0.39 is 0 Å². The average Bonchev–Trinajstić information content (AvgIpc) is 2.94. The maximum absolute atomic E-state index is 13.2. The highest BCUT2D eigenvalue weighted by Gasteiger charge is 2.24. The van der Waals surface area contributed by atoms with E-state index in [0.29, 0.717) is 18.3 Å². The highest BCUT2D eigenvalue weighted by molar-refractivity contribution is 5.94. The van der Waals surface area contributed by atoms with Gasteiger partial charge < -0.3 is 9.47 Å². The minimum Gasteiger partial charge on any atom is -0.333 e. The summed E-state index contributed by atoms with van der Waals surface area (Å²) in [6.07, 6.45) is 2.84. The zero-order valence-corrected chi connectivity index (χ0v) is 16.8. The molecular weight excluding hydrogens is 350 g/mol. The van der Waals surface area contributed by atoms with Crippen molar-refractivity contribution in [3.63, 3.8) is 0 Å². The quantitative estimate of drug-likeness (QED) is 0.700. The van der Waals surface area contributed by atoms with Gasteiger partial charge in [0.05, 0.1) is 29.8 Å². The first-order chi connectivity index (χ1) is 13.5. The first kappa shape index (κ1) is 18.6. The van der Waals surface area contributed by atoms with Crippen LogP contribution in [0.4, 0.5) is 0 Å². The van der Waals surface area contributed by atoms with Crippen LogP contribution in [0.2, 0.25) is 0 Å². The Morgan fingerprint density at radius 2 is 2.00 bits per heavy atom. The van der Waals surface area contributed by atoms with Crippen LogP contribution in [-0.2, 0) is 19.6 Å². The number of para-hydroxylation sites is 1. The van der Waals surface area contributed by atoms with Crippen LogP contribution in [0, 0.1) is 0 Å². The molecule has 0 unspecified atom stereocenters. The number of aryl methyl sites for hydroxylation is 1. The average molecular weight is 377 g/mol. The van der Waals surface area contributed by atoms with Gasteiger partial charge in [0.25, 0.3) is 5.91 Å². The van der Waals surface area contributed by atoms with Gasteiger partial charge in [0.15, 0.2) is 0 Å². The fourth-order valence-corrected chi connectivity index (χ4v) is 3.59. The van der Waals surface area contributed by atoms with Gasteiger partial charge in [-0.1, -0.05) is 24.3 Å². The highest BCUT2D eigenvalue weighted by atomic mass is 16.2. The number of pyridine rings is 1. The van der Waals surface area contributed by atoms with E-state index in [2.05, 4.69) is 40.3 Å². The van der Waals surface area contributed by atoms with Crippen LogP contribution in [0.1, 0.15) is 42.1 Å². The molecule has 6 heteroatoms. The third kappa shape index (κ3) is 3.64. The predicted molar refractivity (Wildman–Crippen MR) is 110 cm³/mol. The Morgan fingerprint density at radius 1 is 1.18 bits per heavy atom. The molecule has 1 aliphatic rings. The molecule has 0 N–H and O–H groups in total. The maximum Gasteiger partial charge on any atom is 0.272 e. The molecular formula is C22H27N5O. The van der Waals surface area contributed by atoms with Crippen LogP contribution in [0.25, 0.3) is 10.9 Å². The van der Waals surface area contributed by atoms with E-state index in [0.717, 1.165) is 48.3 Å². The first-order valence-electron chi connectivity index (χ1n) is 9.91. The lowest BCUT2D eigenvalue weighted by atomic mass is 10.2. The van der Waals surface area contributed by atoms with E-state index in [1.165, 1.54) is 0 Å².